The third-order valence-corrected chi connectivity index (χ3v) is 5.81. The van der Waals surface area contributed by atoms with Crippen LogP contribution in [0.4, 0.5) is 4.39 Å². The van der Waals surface area contributed by atoms with E-state index in [1.54, 1.807) is 32.2 Å². The number of methoxy groups -OCH3 is 1. The molecule has 0 radical (unpaired) electrons. The normalized spacial score (nSPS) is 11.0. The van der Waals surface area contributed by atoms with E-state index in [1.807, 2.05) is 31.2 Å². The molecule has 2 N–H and O–H groups in total. The second-order valence-corrected chi connectivity index (χ2v) is 8.14. The van der Waals surface area contributed by atoms with Crippen LogP contribution in [-0.2, 0) is 29.1 Å². The van der Waals surface area contributed by atoms with Gasteiger partial charge in [0, 0.05) is 29.1 Å². The maximum absolute atomic E-state index is 14.1. The van der Waals surface area contributed by atoms with Crippen LogP contribution in [0.5, 0.6) is 11.5 Å². The van der Waals surface area contributed by atoms with Crippen LogP contribution in [-0.4, -0.2) is 19.7 Å². The predicted octanol–water partition coefficient (Wildman–Crippen LogP) is 5.70. The summed E-state index contributed by atoms with van der Waals surface area (Å²) in [5.41, 5.74) is 10.3. The van der Waals surface area contributed by atoms with Crippen molar-refractivity contribution in [2.24, 2.45) is 5.73 Å². The lowest BCUT2D eigenvalue weighted by Gasteiger charge is -2.13. The summed E-state index contributed by atoms with van der Waals surface area (Å²) in [7, 11) is 1.57. The average Bonchev–Trinajstić information content (AvgIpc) is 3.17. The molecule has 0 atom stereocenters. The first-order valence-corrected chi connectivity index (χ1v) is 11.4. The molecule has 0 bridgehead atoms. The topological polar surface area (TPSA) is 83.9 Å². The van der Waals surface area contributed by atoms with E-state index >= 15 is 0 Å². The van der Waals surface area contributed by atoms with Gasteiger partial charge >= 0.3 is 5.97 Å². The van der Waals surface area contributed by atoms with Gasteiger partial charge in [-0.05, 0) is 66.9 Å². The molecule has 0 aliphatic heterocycles. The smallest absolute Gasteiger partial charge is 0.310 e. The SMILES string of the molecule is CCOC(=O)Cc1ccc(OC)cc1OCc1c(C)oc2ccc(-c3cc(F)cc(CN)c3)cc12. The minimum Gasteiger partial charge on any atom is -0.497 e. The van der Waals surface area contributed by atoms with E-state index < -0.39 is 0 Å². The van der Waals surface area contributed by atoms with E-state index in [1.165, 1.54) is 12.1 Å². The molecule has 6 nitrogen and oxygen atoms in total. The zero-order valence-electron chi connectivity index (χ0n) is 20.0. The summed E-state index contributed by atoms with van der Waals surface area (Å²) < 4.78 is 36.6. The Hall–Kier alpha value is -3.84. The highest BCUT2D eigenvalue weighted by molar-refractivity contribution is 5.87. The fourth-order valence-electron chi connectivity index (χ4n) is 4.02. The molecular weight excluding hydrogens is 449 g/mol. The molecule has 4 aromatic rings. The Kier molecular flexibility index (Phi) is 7.36. The van der Waals surface area contributed by atoms with E-state index in [4.69, 9.17) is 24.4 Å². The van der Waals surface area contributed by atoms with Crippen LogP contribution in [0.3, 0.4) is 0 Å². The largest absolute Gasteiger partial charge is 0.497 e. The first-order valence-electron chi connectivity index (χ1n) is 11.4. The van der Waals surface area contributed by atoms with E-state index in [0.717, 1.165) is 27.6 Å². The van der Waals surface area contributed by atoms with Crippen molar-refractivity contribution in [3.63, 3.8) is 0 Å². The molecule has 0 amide bonds. The molecule has 0 aliphatic rings. The molecule has 35 heavy (non-hydrogen) atoms. The van der Waals surface area contributed by atoms with Crippen molar-refractivity contribution in [1.29, 1.82) is 0 Å². The zero-order valence-corrected chi connectivity index (χ0v) is 20.0. The van der Waals surface area contributed by atoms with Gasteiger partial charge in [0.25, 0.3) is 0 Å². The van der Waals surface area contributed by atoms with Gasteiger partial charge in [-0.1, -0.05) is 12.1 Å². The van der Waals surface area contributed by atoms with Crippen molar-refractivity contribution in [1.82, 2.24) is 0 Å². The molecule has 0 saturated heterocycles. The van der Waals surface area contributed by atoms with Crippen LogP contribution in [0.2, 0.25) is 0 Å². The van der Waals surface area contributed by atoms with E-state index in [-0.39, 0.29) is 31.4 Å². The Morgan fingerprint density at radius 3 is 2.63 bits per heavy atom. The summed E-state index contributed by atoms with van der Waals surface area (Å²) in [4.78, 5) is 12.1. The van der Waals surface area contributed by atoms with E-state index in [9.17, 15) is 9.18 Å². The van der Waals surface area contributed by atoms with Crippen LogP contribution in [0, 0.1) is 12.7 Å². The van der Waals surface area contributed by atoms with Gasteiger partial charge in [0.2, 0.25) is 0 Å². The van der Waals surface area contributed by atoms with Crippen LogP contribution < -0.4 is 15.2 Å². The minimum atomic E-state index is -0.331. The Morgan fingerprint density at radius 2 is 1.89 bits per heavy atom. The lowest BCUT2D eigenvalue weighted by atomic mass is 10.00. The number of aryl methyl sites for hydroxylation is 1. The second-order valence-electron chi connectivity index (χ2n) is 8.14. The van der Waals surface area contributed by atoms with Crippen molar-refractivity contribution >= 4 is 16.9 Å². The molecule has 0 spiro atoms. The van der Waals surface area contributed by atoms with Crippen LogP contribution in [0.1, 0.15) is 29.4 Å². The monoisotopic (exact) mass is 477 g/mol. The number of carbonyl (C=O) groups excluding carboxylic acids is 1. The molecular formula is C28H28FNO5. The molecule has 1 heterocycles. The average molecular weight is 478 g/mol. The highest BCUT2D eigenvalue weighted by atomic mass is 19.1. The number of hydrogen-bond donors (Lipinski definition) is 1. The van der Waals surface area contributed by atoms with E-state index in [0.29, 0.717) is 35.0 Å². The third kappa shape index (κ3) is 5.46. The van der Waals surface area contributed by atoms with Crippen molar-refractivity contribution in [3.05, 3.63) is 82.9 Å². The van der Waals surface area contributed by atoms with Gasteiger partial charge in [0.05, 0.1) is 20.1 Å². The number of benzene rings is 3. The zero-order chi connectivity index (χ0) is 24.9. The molecule has 0 saturated carbocycles. The first-order chi connectivity index (χ1) is 16.9. The Morgan fingerprint density at radius 1 is 1.06 bits per heavy atom. The molecule has 182 valence electrons. The number of furan rings is 1. The van der Waals surface area contributed by atoms with Gasteiger partial charge < -0.3 is 24.4 Å². The molecule has 4 rings (SSSR count). The number of esters is 1. The highest BCUT2D eigenvalue weighted by Crippen LogP contribution is 2.33. The fourth-order valence-corrected chi connectivity index (χ4v) is 4.02. The quantitative estimate of drug-likeness (QED) is 0.311. The lowest BCUT2D eigenvalue weighted by Crippen LogP contribution is -2.09. The number of nitrogens with two attached hydrogens (primary N) is 1. The summed E-state index contributed by atoms with van der Waals surface area (Å²) in [6, 6.07) is 15.8. The fraction of sp³-hybridized carbons (Fsp3) is 0.250. The highest BCUT2D eigenvalue weighted by Gasteiger charge is 2.16. The summed E-state index contributed by atoms with van der Waals surface area (Å²) in [5, 5.41) is 0.869. The number of fused-ring (bicyclic) bond motifs is 1. The summed E-state index contributed by atoms with van der Waals surface area (Å²) in [6.07, 6.45) is 0.0888. The molecule has 0 fully saturated rings. The van der Waals surface area contributed by atoms with Crippen LogP contribution in [0.15, 0.2) is 59.0 Å². The van der Waals surface area contributed by atoms with Crippen molar-refractivity contribution < 1.29 is 27.8 Å². The molecule has 0 unspecified atom stereocenters. The van der Waals surface area contributed by atoms with Gasteiger partial charge in [0.15, 0.2) is 0 Å². The summed E-state index contributed by atoms with van der Waals surface area (Å²) in [6.45, 7) is 4.42. The maximum Gasteiger partial charge on any atom is 0.310 e. The third-order valence-electron chi connectivity index (χ3n) is 5.81. The van der Waals surface area contributed by atoms with Crippen LogP contribution in [0.25, 0.3) is 22.1 Å². The Labute approximate surface area is 203 Å². The number of ether oxygens (including phenoxy) is 3. The molecule has 0 aliphatic carbocycles. The summed E-state index contributed by atoms with van der Waals surface area (Å²) >= 11 is 0. The van der Waals surface area contributed by atoms with E-state index in [2.05, 4.69) is 0 Å². The van der Waals surface area contributed by atoms with Crippen molar-refractivity contribution in [2.75, 3.05) is 13.7 Å². The Bertz CT molecular complexity index is 1360. The number of carbonyl (C=O) groups is 1. The predicted molar refractivity (Wildman–Crippen MR) is 132 cm³/mol. The number of rotatable bonds is 9. The minimum absolute atomic E-state index is 0.0888. The van der Waals surface area contributed by atoms with Gasteiger partial charge in [-0.2, -0.15) is 0 Å². The van der Waals surface area contributed by atoms with Gasteiger partial charge in [0.1, 0.15) is 35.3 Å². The number of hydrogen-bond acceptors (Lipinski definition) is 6. The van der Waals surface area contributed by atoms with Gasteiger partial charge in [-0.3, -0.25) is 4.79 Å². The molecule has 3 aromatic carbocycles. The number of halogens is 1. The second kappa shape index (κ2) is 10.6. The Balaban J connectivity index is 1.66. The van der Waals surface area contributed by atoms with Gasteiger partial charge in [-0.25, -0.2) is 4.39 Å². The standard InChI is InChI=1S/C28H28FNO5/c1-4-33-28(31)13-20-5-7-23(32-3)14-27(20)34-16-25-17(2)35-26-8-6-19(12-24(25)26)21-9-18(15-30)10-22(29)11-21/h5-12,14H,4,13,15-16,30H2,1-3H3. The molecule has 7 heteroatoms. The first kappa shape index (κ1) is 24.3. The lowest BCUT2D eigenvalue weighted by molar-refractivity contribution is -0.142. The summed E-state index contributed by atoms with van der Waals surface area (Å²) in [5.74, 6) is 1.20. The molecule has 1 aromatic heterocycles. The van der Waals surface area contributed by atoms with Gasteiger partial charge in [-0.15, -0.1) is 0 Å². The van der Waals surface area contributed by atoms with Crippen molar-refractivity contribution in [2.45, 2.75) is 33.4 Å². The van der Waals surface area contributed by atoms with Crippen LogP contribution >= 0.6 is 0 Å². The van der Waals surface area contributed by atoms with Crippen molar-refractivity contribution in [3.8, 4) is 22.6 Å². The maximum atomic E-state index is 14.1.